The van der Waals surface area contributed by atoms with Crippen molar-refractivity contribution in [2.45, 2.75) is 12.8 Å². The van der Waals surface area contributed by atoms with Gasteiger partial charge in [-0.15, -0.1) is 10.2 Å². The molecule has 0 unspecified atom stereocenters. The number of rotatable bonds is 4. The van der Waals surface area contributed by atoms with Crippen molar-refractivity contribution in [3.05, 3.63) is 47.2 Å². The first-order chi connectivity index (χ1) is 12.8. The van der Waals surface area contributed by atoms with E-state index in [1.54, 1.807) is 16.6 Å². The lowest BCUT2D eigenvalue weighted by atomic mass is 10.2. The molecule has 0 atom stereocenters. The van der Waals surface area contributed by atoms with E-state index >= 15 is 0 Å². The number of aromatic nitrogens is 6. The maximum Gasteiger partial charge on any atom is 0.231 e. The van der Waals surface area contributed by atoms with Crippen LogP contribution in [0.3, 0.4) is 0 Å². The van der Waals surface area contributed by atoms with Gasteiger partial charge in [0.15, 0.2) is 23.0 Å². The van der Waals surface area contributed by atoms with Gasteiger partial charge in [0.2, 0.25) is 18.5 Å². The number of ether oxygens (including phenoxy) is 2. The van der Waals surface area contributed by atoms with E-state index in [-0.39, 0.29) is 6.79 Å². The van der Waals surface area contributed by atoms with Crippen molar-refractivity contribution in [3.63, 3.8) is 0 Å². The smallest absolute Gasteiger partial charge is 0.231 e. The molecule has 1 aromatic carbocycles. The van der Waals surface area contributed by atoms with E-state index in [9.17, 15) is 0 Å². The zero-order valence-corrected chi connectivity index (χ0v) is 14.0. The fourth-order valence-corrected chi connectivity index (χ4v) is 2.83. The van der Waals surface area contributed by atoms with Crippen LogP contribution in [0.1, 0.15) is 11.7 Å². The van der Waals surface area contributed by atoms with Gasteiger partial charge < -0.3 is 14.0 Å². The van der Waals surface area contributed by atoms with Crippen molar-refractivity contribution in [2.24, 2.45) is 0 Å². The Morgan fingerprint density at radius 1 is 1.04 bits per heavy atom. The summed E-state index contributed by atoms with van der Waals surface area (Å²) >= 11 is 5.93. The van der Waals surface area contributed by atoms with Gasteiger partial charge in [0.05, 0.1) is 0 Å². The first-order valence-electron chi connectivity index (χ1n) is 7.86. The van der Waals surface area contributed by atoms with Gasteiger partial charge in [-0.3, -0.25) is 0 Å². The van der Waals surface area contributed by atoms with E-state index in [4.69, 9.17) is 25.6 Å². The average molecular weight is 371 g/mol. The van der Waals surface area contributed by atoms with Crippen LogP contribution in [-0.4, -0.2) is 36.7 Å². The van der Waals surface area contributed by atoms with Crippen LogP contribution in [0.25, 0.3) is 17.0 Å². The molecule has 0 radical (unpaired) electrons. The minimum Gasteiger partial charge on any atom is -0.454 e. The lowest BCUT2D eigenvalue weighted by molar-refractivity contribution is 0.174. The fraction of sp³-hybridized carbons (Fsp3) is 0.188. The summed E-state index contributed by atoms with van der Waals surface area (Å²) in [6.07, 6.45) is 1.05. The molecule has 0 bridgehead atoms. The summed E-state index contributed by atoms with van der Waals surface area (Å²) in [4.78, 5) is 4.42. The third kappa shape index (κ3) is 2.62. The molecule has 5 rings (SSSR count). The lowest BCUT2D eigenvalue weighted by Crippen LogP contribution is -2.01. The number of aryl methyl sites for hydroxylation is 2. The van der Waals surface area contributed by atoms with Crippen LogP contribution in [0.2, 0.25) is 5.15 Å². The molecule has 3 aromatic heterocycles. The minimum absolute atomic E-state index is 0.223. The number of halogens is 1. The molecular weight excluding hydrogens is 360 g/mol. The summed E-state index contributed by atoms with van der Waals surface area (Å²) in [5, 5.41) is 16.8. The highest BCUT2D eigenvalue weighted by atomic mass is 35.5. The van der Waals surface area contributed by atoms with Crippen LogP contribution < -0.4 is 9.47 Å². The molecule has 0 amide bonds. The largest absolute Gasteiger partial charge is 0.454 e. The Morgan fingerprint density at radius 2 is 1.96 bits per heavy atom. The van der Waals surface area contributed by atoms with Gasteiger partial charge in [0.1, 0.15) is 5.15 Å². The minimum atomic E-state index is 0.223. The monoisotopic (exact) mass is 370 g/mol. The van der Waals surface area contributed by atoms with Crippen molar-refractivity contribution in [1.29, 1.82) is 0 Å². The van der Waals surface area contributed by atoms with Crippen molar-refractivity contribution < 1.29 is 14.0 Å². The van der Waals surface area contributed by atoms with Crippen molar-refractivity contribution in [3.8, 4) is 22.9 Å². The molecule has 10 heteroatoms. The second kappa shape index (κ2) is 5.95. The summed E-state index contributed by atoms with van der Waals surface area (Å²) < 4.78 is 17.6. The number of fused-ring (bicyclic) bond motifs is 2. The maximum atomic E-state index is 5.93. The molecule has 4 heterocycles. The summed E-state index contributed by atoms with van der Waals surface area (Å²) in [5.74, 6) is 3.04. The molecule has 0 fully saturated rings. The van der Waals surface area contributed by atoms with Crippen LogP contribution in [0.4, 0.5) is 0 Å². The predicted molar refractivity (Wildman–Crippen MR) is 89.1 cm³/mol. The van der Waals surface area contributed by atoms with Gasteiger partial charge in [-0.05, 0) is 30.3 Å². The van der Waals surface area contributed by atoms with E-state index in [2.05, 4.69) is 25.4 Å². The van der Waals surface area contributed by atoms with E-state index in [1.165, 1.54) is 0 Å². The molecule has 1 aliphatic heterocycles. The highest BCUT2D eigenvalue weighted by Gasteiger charge is 2.17. The van der Waals surface area contributed by atoms with Crippen LogP contribution in [0.5, 0.6) is 11.5 Å². The summed E-state index contributed by atoms with van der Waals surface area (Å²) in [7, 11) is 0. The standard InChI is InChI=1S/C16H11ClN6O3/c17-12-3-4-13-19-20-14(23(13)21-12)5-6-15-18-16(22-26-15)9-1-2-10-11(7-9)25-8-24-10/h1-4,7H,5-6,8H2. The molecule has 0 saturated heterocycles. The zero-order chi connectivity index (χ0) is 17.5. The number of nitrogens with zero attached hydrogens (tertiary/aromatic N) is 6. The normalized spacial score (nSPS) is 12.8. The van der Waals surface area contributed by atoms with Crippen LogP contribution in [0, 0.1) is 0 Å². The molecule has 1 aliphatic rings. The predicted octanol–water partition coefficient (Wildman–Crippen LogP) is 2.34. The number of hydrogen-bond donors (Lipinski definition) is 0. The highest BCUT2D eigenvalue weighted by molar-refractivity contribution is 6.29. The Morgan fingerprint density at radius 3 is 2.92 bits per heavy atom. The van der Waals surface area contributed by atoms with Crippen LogP contribution in [-0.2, 0) is 12.8 Å². The molecule has 4 aromatic rings. The maximum absolute atomic E-state index is 5.93. The summed E-state index contributed by atoms with van der Waals surface area (Å²) in [5.41, 5.74) is 1.43. The van der Waals surface area contributed by atoms with Crippen LogP contribution >= 0.6 is 11.6 Å². The van der Waals surface area contributed by atoms with Crippen molar-refractivity contribution in [1.82, 2.24) is 30.0 Å². The zero-order valence-electron chi connectivity index (χ0n) is 13.3. The first-order valence-corrected chi connectivity index (χ1v) is 8.23. The Kier molecular flexibility index (Phi) is 3.45. The van der Waals surface area contributed by atoms with E-state index in [0.717, 1.165) is 5.56 Å². The second-order valence-electron chi connectivity index (χ2n) is 5.62. The third-order valence-electron chi connectivity index (χ3n) is 3.96. The van der Waals surface area contributed by atoms with E-state index in [0.29, 0.717) is 52.7 Å². The topological polar surface area (TPSA) is 100 Å². The Balaban J connectivity index is 1.35. The van der Waals surface area contributed by atoms with Crippen molar-refractivity contribution >= 4 is 17.2 Å². The van der Waals surface area contributed by atoms with E-state index in [1.807, 2.05) is 18.2 Å². The third-order valence-corrected chi connectivity index (χ3v) is 4.16. The van der Waals surface area contributed by atoms with Gasteiger partial charge in [0, 0.05) is 18.4 Å². The molecule has 0 aliphatic carbocycles. The number of benzene rings is 1. The summed E-state index contributed by atoms with van der Waals surface area (Å²) in [6.45, 7) is 0.223. The van der Waals surface area contributed by atoms with Crippen molar-refractivity contribution in [2.75, 3.05) is 6.79 Å². The second-order valence-corrected chi connectivity index (χ2v) is 6.01. The average Bonchev–Trinajstić information content (AvgIpc) is 3.38. The molecule has 0 N–H and O–H groups in total. The molecule has 26 heavy (non-hydrogen) atoms. The molecule has 0 spiro atoms. The molecule has 9 nitrogen and oxygen atoms in total. The quantitative estimate of drug-likeness (QED) is 0.539. The SMILES string of the molecule is Clc1ccc2nnc(CCc3nc(-c4ccc5c(c4)OCO5)no3)n2n1. The van der Waals surface area contributed by atoms with Gasteiger partial charge in [-0.2, -0.15) is 14.6 Å². The van der Waals surface area contributed by atoms with Gasteiger partial charge in [0.25, 0.3) is 0 Å². The number of hydrogen-bond acceptors (Lipinski definition) is 8. The molecule has 130 valence electrons. The molecular formula is C16H11ClN6O3. The first kappa shape index (κ1) is 15.1. The lowest BCUT2D eigenvalue weighted by Gasteiger charge is -1.98. The Labute approximate surface area is 151 Å². The van der Waals surface area contributed by atoms with Crippen LogP contribution in [0.15, 0.2) is 34.9 Å². The molecule has 0 saturated carbocycles. The highest BCUT2D eigenvalue weighted by Crippen LogP contribution is 2.35. The Hall–Kier alpha value is -3.20. The van der Waals surface area contributed by atoms with Gasteiger partial charge in [-0.25, -0.2) is 0 Å². The summed E-state index contributed by atoms with van der Waals surface area (Å²) in [6, 6.07) is 8.95. The fourth-order valence-electron chi connectivity index (χ4n) is 2.69. The van der Waals surface area contributed by atoms with E-state index < -0.39 is 0 Å². The van der Waals surface area contributed by atoms with Gasteiger partial charge >= 0.3 is 0 Å². The Bertz CT molecular complexity index is 1110. The van der Waals surface area contributed by atoms with Gasteiger partial charge in [-0.1, -0.05) is 16.8 Å².